The van der Waals surface area contributed by atoms with Gasteiger partial charge in [0.2, 0.25) is 5.91 Å². The Morgan fingerprint density at radius 2 is 2.26 bits per heavy atom. The summed E-state index contributed by atoms with van der Waals surface area (Å²) in [5.41, 5.74) is 2.49. The van der Waals surface area contributed by atoms with E-state index in [9.17, 15) is 9.18 Å². The molecule has 0 atom stereocenters. The molecule has 2 N–H and O–H groups in total. The minimum absolute atomic E-state index is 0.109. The number of halogens is 1. The summed E-state index contributed by atoms with van der Waals surface area (Å²) in [4.78, 5) is 17.1. The number of rotatable bonds is 5. The van der Waals surface area contributed by atoms with E-state index in [-0.39, 0.29) is 18.3 Å². The number of anilines is 1. The molecule has 0 unspecified atom stereocenters. The van der Waals surface area contributed by atoms with E-state index in [1.807, 2.05) is 18.0 Å². The van der Waals surface area contributed by atoms with Crippen LogP contribution >= 0.6 is 0 Å². The van der Waals surface area contributed by atoms with Crippen LogP contribution in [0.2, 0.25) is 0 Å². The zero-order chi connectivity index (χ0) is 16.4. The van der Waals surface area contributed by atoms with Crippen LogP contribution < -0.4 is 5.32 Å². The Morgan fingerprint density at radius 3 is 3.00 bits per heavy atom. The predicted molar refractivity (Wildman–Crippen MR) is 86.4 cm³/mol. The van der Waals surface area contributed by atoms with E-state index in [0.29, 0.717) is 12.2 Å². The van der Waals surface area contributed by atoms with E-state index >= 15 is 0 Å². The third-order valence-corrected chi connectivity index (χ3v) is 3.48. The number of nitrogens with zero attached hydrogens (tertiary/aromatic N) is 3. The van der Waals surface area contributed by atoms with Gasteiger partial charge in [0.25, 0.3) is 0 Å². The number of hydrogen-bond acceptors (Lipinski definition) is 3. The molecular formula is C16H18FN5O. The van der Waals surface area contributed by atoms with Gasteiger partial charge in [-0.05, 0) is 31.3 Å². The lowest BCUT2D eigenvalue weighted by molar-refractivity contribution is -0.117. The van der Waals surface area contributed by atoms with Crippen LogP contribution in [0.5, 0.6) is 0 Å². The molecule has 0 aliphatic heterocycles. The fourth-order valence-electron chi connectivity index (χ4n) is 2.53. The number of carbonyl (C=O) groups excluding carboxylic acids is 1. The van der Waals surface area contributed by atoms with Crippen molar-refractivity contribution in [1.29, 1.82) is 0 Å². The van der Waals surface area contributed by atoms with Crippen molar-refractivity contribution in [2.24, 2.45) is 7.05 Å². The molecule has 0 fully saturated rings. The Balaban J connectivity index is 1.59. The average molecular weight is 315 g/mol. The molecule has 1 aromatic carbocycles. The van der Waals surface area contributed by atoms with Gasteiger partial charge in [0.05, 0.1) is 18.4 Å². The quantitative estimate of drug-likeness (QED) is 0.758. The Kier molecular flexibility index (Phi) is 4.12. The zero-order valence-electron chi connectivity index (χ0n) is 13.0. The van der Waals surface area contributed by atoms with Crippen LogP contribution in [0.1, 0.15) is 5.69 Å². The van der Waals surface area contributed by atoms with E-state index in [2.05, 4.69) is 15.4 Å². The lowest BCUT2D eigenvalue weighted by Crippen LogP contribution is -2.29. The summed E-state index contributed by atoms with van der Waals surface area (Å²) in [7, 11) is 3.65. The molecule has 1 amide bonds. The summed E-state index contributed by atoms with van der Waals surface area (Å²) < 4.78 is 14.8. The lowest BCUT2D eigenvalue weighted by atomic mass is 10.2. The van der Waals surface area contributed by atoms with Crippen molar-refractivity contribution in [3.05, 3.63) is 48.2 Å². The first-order chi connectivity index (χ1) is 11.0. The molecule has 23 heavy (non-hydrogen) atoms. The number of nitrogens with one attached hydrogen (secondary N) is 2. The summed E-state index contributed by atoms with van der Waals surface area (Å²) in [6, 6.07) is 6.52. The minimum atomic E-state index is -0.257. The molecule has 120 valence electrons. The Bertz CT molecular complexity index is 838. The minimum Gasteiger partial charge on any atom is -0.357 e. The topological polar surface area (TPSA) is 66.0 Å². The lowest BCUT2D eigenvalue weighted by Gasteiger charge is -2.14. The van der Waals surface area contributed by atoms with Crippen molar-refractivity contribution in [1.82, 2.24) is 19.7 Å². The number of carbonyl (C=O) groups is 1. The summed E-state index contributed by atoms with van der Waals surface area (Å²) in [6.07, 6.45) is 3.34. The molecule has 0 saturated carbocycles. The zero-order valence-corrected chi connectivity index (χ0v) is 13.0. The molecule has 0 aliphatic carbocycles. The molecule has 7 heteroatoms. The van der Waals surface area contributed by atoms with Crippen LogP contribution in [-0.4, -0.2) is 39.2 Å². The maximum atomic E-state index is 13.2. The molecule has 2 heterocycles. The monoisotopic (exact) mass is 315 g/mol. The number of amides is 1. The number of benzene rings is 1. The van der Waals surface area contributed by atoms with E-state index < -0.39 is 0 Å². The second-order valence-electron chi connectivity index (χ2n) is 5.65. The Morgan fingerprint density at radius 1 is 1.43 bits per heavy atom. The third kappa shape index (κ3) is 3.75. The van der Waals surface area contributed by atoms with Crippen molar-refractivity contribution < 1.29 is 9.18 Å². The first-order valence-corrected chi connectivity index (χ1v) is 7.24. The van der Waals surface area contributed by atoms with Crippen LogP contribution in [0.15, 0.2) is 36.7 Å². The highest BCUT2D eigenvalue weighted by atomic mass is 19.1. The summed E-state index contributed by atoms with van der Waals surface area (Å²) in [6.45, 7) is 0.815. The maximum Gasteiger partial charge on any atom is 0.238 e. The second kappa shape index (κ2) is 6.21. The number of fused-ring (bicyclic) bond motifs is 1. The van der Waals surface area contributed by atoms with Crippen molar-refractivity contribution in [3.8, 4) is 0 Å². The molecule has 0 aliphatic rings. The smallest absolute Gasteiger partial charge is 0.238 e. The number of likely N-dealkylation sites (N-methyl/N-ethyl adjacent to an activating group) is 1. The van der Waals surface area contributed by atoms with Gasteiger partial charge < -0.3 is 10.3 Å². The Labute approximate surface area is 132 Å². The first kappa shape index (κ1) is 15.2. The number of aromatic amines is 1. The normalized spacial score (nSPS) is 11.3. The number of aromatic nitrogens is 3. The molecule has 3 rings (SSSR count). The average Bonchev–Trinajstić information content (AvgIpc) is 3.03. The van der Waals surface area contributed by atoms with Crippen LogP contribution in [-0.2, 0) is 18.4 Å². The molecular weight excluding hydrogens is 297 g/mol. The van der Waals surface area contributed by atoms with Crippen LogP contribution in [0.25, 0.3) is 10.9 Å². The van der Waals surface area contributed by atoms with Crippen molar-refractivity contribution in [3.63, 3.8) is 0 Å². The summed E-state index contributed by atoms with van der Waals surface area (Å²) in [5, 5.41) is 7.62. The first-order valence-electron chi connectivity index (χ1n) is 7.24. The van der Waals surface area contributed by atoms with Crippen LogP contribution in [0.3, 0.4) is 0 Å². The van der Waals surface area contributed by atoms with E-state index in [1.54, 1.807) is 30.2 Å². The molecule has 0 bridgehead atoms. The van der Waals surface area contributed by atoms with Gasteiger partial charge in [0, 0.05) is 36.4 Å². The molecule has 0 saturated heterocycles. The van der Waals surface area contributed by atoms with Crippen molar-refractivity contribution in [2.45, 2.75) is 6.54 Å². The fraction of sp³-hybridized carbons (Fsp3) is 0.250. The predicted octanol–water partition coefficient (Wildman–Crippen LogP) is 2.11. The van der Waals surface area contributed by atoms with Crippen LogP contribution in [0, 0.1) is 5.82 Å². The molecule has 3 aromatic rings. The van der Waals surface area contributed by atoms with Crippen molar-refractivity contribution >= 4 is 22.5 Å². The molecule has 0 radical (unpaired) electrons. The van der Waals surface area contributed by atoms with Gasteiger partial charge in [-0.25, -0.2) is 4.39 Å². The SMILES string of the molecule is CN(CC(=O)Nc1cnn(C)c1)Cc1cc2cc(F)ccc2[nH]1. The maximum absolute atomic E-state index is 13.2. The van der Waals surface area contributed by atoms with Gasteiger partial charge in [-0.15, -0.1) is 0 Å². The van der Waals surface area contributed by atoms with E-state index in [4.69, 9.17) is 0 Å². The van der Waals surface area contributed by atoms with Crippen molar-refractivity contribution in [2.75, 3.05) is 18.9 Å². The molecule has 0 spiro atoms. The van der Waals surface area contributed by atoms with Gasteiger partial charge in [-0.2, -0.15) is 5.10 Å². The fourth-order valence-corrected chi connectivity index (χ4v) is 2.53. The van der Waals surface area contributed by atoms with Gasteiger partial charge in [0.1, 0.15) is 5.82 Å². The number of H-pyrrole nitrogens is 1. The van der Waals surface area contributed by atoms with Gasteiger partial charge >= 0.3 is 0 Å². The summed E-state index contributed by atoms with van der Waals surface area (Å²) >= 11 is 0. The number of aryl methyl sites for hydroxylation is 1. The van der Waals surface area contributed by atoms with Crippen LogP contribution in [0.4, 0.5) is 10.1 Å². The number of hydrogen-bond donors (Lipinski definition) is 2. The molecule has 6 nitrogen and oxygen atoms in total. The highest BCUT2D eigenvalue weighted by Crippen LogP contribution is 2.17. The van der Waals surface area contributed by atoms with Gasteiger partial charge in [-0.3, -0.25) is 14.4 Å². The standard InChI is InChI=1S/C16H18FN5O/c1-21(10-16(23)20-14-7-18-22(2)9-14)8-13-6-11-5-12(17)3-4-15(11)19-13/h3-7,9,19H,8,10H2,1-2H3,(H,20,23). The largest absolute Gasteiger partial charge is 0.357 e. The Hall–Kier alpha value is -2.67. The highest BCUT2D eigenvalue weighted by Gasteiger charge is 2.10. The second-order valence-corrected chi connectivity index (χ2v) is 5.65. The molecule has 2 aromatic heterocycles. The summed E-state index contributed by atoms with van der Waals surface area (Å²) in [5.74, 6) is -0.366. The highest BCUT2D eigenvalue weighted by molar-refractivity contribution is 5.91. The third-order valence-electron chi connectivity index (χ3n) is 3.48. The van der Waals surface area contributed by atoms with Gasteiger partial charge in [-0.1, -0.05) is 0 Å². The van der Waals surface area contributed by atoms with E-state index in [1.165, 1.54) is 12.1 Å². The van der Waals surface area contributed by atoms with E-state index in [0.717, 1.165) is 16.6 Å². The van der Waals surface area contributed by atoms with Gasteiger partial charge in [0.15, 0.2) is 0 Å².